The zero-order valence-electron chi connectivity index (χ0n) is 10.6. The van der Waals surface area contributed by atoms with Gasteiger partial charge < -0.3 is 4.90 Å². The molecule has 0 fully saturated rings. The number of nitrogens with zero attached hydrogens (tertiary/aromatic N) is 1. The molecule has 17 heavy (non-hydrogen) atoms. The van der Waals surface area contributed by atoms with Crippen molar-refractivity contribution in [2.24, 2.45) is 0 Å². The topological polar surface area (TPSA) is 20.3 Å². The molecule has 0 atom stereocenters. The number of alkyl halides is 1. The number of aryl methyl sites for hydroxylation is 1. The number of rotatable bonds is 3. The van der Waals surface area contributed by atoms with Crippen LogP contribution < -0.4 is 0 Å². The Balaban J connectivity index is 3.09. The van der Waals surface area contributed by atoms with Crippen molar-refractivity contribution in [2.45, 2.75) is 26.3 Å². The van der Waals surface area contributed by atoms with E-state index in [4.69, 9.17) is 0 Å². The Kier molecular flexibility index (Phi) is 5.01. The number of halogens is 2. The molecule has 0 aliphatic rings. The van der Waals surface area contributed by atoms with Crippen LogP contribution in [0.15, 0.2) is 18.2 Å². The molecule has 0 aromatic heterocycles. The van der Waals surface area contributed by atoms with E-state index in [9.17, 15) is 4.79 Å². The van der Waals surface area contributed by atoms with E-state index >= 15 is 0 Å². The first-order valence-electron chi connectivity index (χ1n) is 5.40. The third-order valence-electron chi connectivity index (χ3n) is 2.96. The van der Waals surface area contributed by atoms with Gasteiger partial charge in [0.25, 0.3) is 5.91 Å². The Labute approximate surface area is 125 Å². The third kappa shape index (κ3) is 3.22. The van der Waals surface area contributed by atoms with Gasteiger partial charge in [0.15, 0.2) is 0 Å². The summed E-state index contributed by atoms with van der Waals surface area (Å²) in [5.74, 6) is 0.0718. The van der Waals surface area contributed by atoms with E-state index < -0.39 is 0 Å². The summed E-state index contributed by atoms with van der Waals surface area (Å²) < 4.78 is 1.03. The predicted molar refractivity (Wildman–Crippen MR) is 83.9 cm³/mol. The normalized spacial score (nSPS) is 11.4. The SMILES string of the molecule is Cc1cccc(C(=O)N(C)C(C)(C)CBr)c1I. The minimum absolute atomic E-state index is 0.0718. The van der Waals surface area contributed by atoms with Crippen molar-refractivity contribution < 1.29 is 4.79 Å². The molecule has 0 N–H and O–H groups in total. The standard InChI is InChI=1S/C13H17BrINO/c1-9-6-5-7-10(11(9)15)12(17)16(4)13(2,3)8-14/h5-7H,8H2,1-4H3. The van der Waals surface area contributed by atoms with Gasteiger partial charge in [0.1, 0.15) is 0 Å². The second kappa shape index (κ2) is 5.69. The maximum atomic E-state index is 12.4. The highest BCUT2D eigenvalue weighted by Gasteiger charge is 2.28. The third-order valence-corrected chi connectivity index (χ3v) is 5.77. The minimum Gasteiger partial charge on any atom is -0.336 e. The van der Waals surface area contributed by atoms with Crippen molar-refractivity contribution in [1.82, 2.24) is 4.90 Å². The molecule has 1 rings (SSSR count). The summed E-state index contributed by atoms with van der Waals surface area (Å²) in [5, 5.41) is 0.755. The van der Waals surface area contributed by atoms with Crippen LogP contribution in [0, 0.1) is 10.5 Å². The monoisotopic (exact) mass is 409 g/mol. The molecule has 0 heterocycles. The summed E-state index contributed by atoms with van der Waals surface area (Å²) in [6.45, 7) is 6.11. The second-order valence-corrected chi connectivity index (χ2v) is 6.39. The Morgan fingerprint density at radius 2 is 2.06 bits per heavy atom. The highest BCUT2D eigenvalue weighted by atomic mass is 127. The van der Waals surface area contributed by atoms with Gasteiger partial charge in [-0.2, -0.15) is 0 Å². The van der Waals surface area contributed by atoms with Crippen LogP contribution in [0.4, 0.5) is 0 Å². The lowest BCUT2D eigenvalue weighted by molar-refractivity contribution is 0.0662. The van der Waals surface area contributed by atoms with Crippen molar-refractivity contribution in [1.29, 1.82) is 0 Å². The van der Waals surface area contributed by atoms with Crippen LogP contribution in [0.2, 0.25) is 0 Å². The zero-order chi connectivity index (χ0) is 13.2. The number of amides is 1. The summed E-state index contributed by atoms with van der Waals surface area (Å²) in [6.07, 6.45) is 0. The average Bonchev–Trinajstić information content (AvgIpc) is 2.30. The molecule has 0 saturated heterocycles. The molecule has 0 unspecified atom stereocenters. The average molecular weight is 410 g/mol. The lowest BCUT2D eigenvalue weighted by Crippen LogP contribution is -2.46. The molecule has 0 saturated carbocycles. The molecule has 1 aromatic carbocycles. The molecule has 94 valence electrons. The highest BCUT2D eigenvalue weighted by Crippen LogP contribution is 2.22. The van der Waals surface area contributed by atoms with Gasteiger partial charge in [-0.15, -0.1) is 0 Å². The number of carbonyl (C=O) groups is 1. The van der Waals surface area contributed by atoms with Gasteiger partial charge in [-0.05, 0) is 55.0 Å². The van der Waals surface area contributed by atoms with E-state index in [1.165, 1.54) is 0 Å². The van der Waals surface area contributed by atoms with Crippen LogP contribution in [0.3, 0.4) is 0 Å². The van der Waals surface area contributed by atoms with Gasteiger partial charge in [-0.3, -0.25) is 4.79 Å². The smallest absolute Gasteiger partial charge is 0.255 e. The largest absolute Gasteiger partial charge is 0.336 e. The fraction of sp³-hybridized carbons (Fsp3) is 0.462. The van der Waals surface area contributed by atoms with Gasteiger partial charge in [-0.1, -0.05) is 28.1 Å². The van der Waals surface area contributed by atoms with Gasteiger partial charge in [-0.25, -0.2) is 0 Å². The van der Waals surface area contributed by atoms with Crippen LogP contribution >= 0.6 is 38.5 Å². The fourth-order valence-electron chi connectivity index (χ4n) is 1.36. The molecule has 0 spiro atoms. The lowest BCUT2D eigenvalue weighted by atomic mass is 10.0. The van der Waals surface area contributed by atoms with Gasteiger partial charge in [0, 0.05) is 21.5 Å². The van der Waals surface area contributed by atoms with Crippen molar-refractivity contribution in [3.8, 4) is 0 Å². The van der Waals surface area contributed by atoms with Crippen LogP contribution in [0.5, 0.6) is 0 Å². The molecular formula is C13H17BrINO. The van der Waals surface area contributed by atoms with Gasteiger partial charge >= 0.3 is 0 Å². The van der Waals surface area contributed by atoms with Crippen molar-refractivity contribution in [2.75, 3.05) is 12.4 Å². The maximum absolute atomic E-state index is 12.4. The molecular weight excluding hydrogens is 393 g/mol. The first kappa shape index (κ1) is 15.0. The second-order valence-electron chi connectivity index (χ2n) is 4.75. The van der Waals surface area contributed by atoms with Crippen LogP contribution in [0.25, 0.3) is 0 Å². The maximum Gasteiger partial charge on any atom is 0.255 e. The van der Waals surface area contributed by atoms with Crippen molar-refractivity contribution in [3.05, 3.63) is 32.9 Å². The quantitative estimate of drug-likeness (QED) is 0.548. The Bertz CT molecular complexity index is 431. The predicted octanol–water partition coefficient (Wildman–Crippen LogP) is 3.85. The Morgan fingerprint density at radius 1 is 1.47 bits per heavy atom. The molecule has 0 aliphatic carbocycles. The summed E-state index contributed by atoms with van der Waals surface area (Å²) >= 11 is 5.68. The number of carbonyl (C=O) groups excluding carboxylic acids is 1. The minimum atomic E-state index is -0.191. The fourth-order valence-corrected chi connectivity index (χ4v) is 2.32. The molecule has 0 aliphatic heterocycles. The molecule has 2 nitrogen and oxygen atoms in total. The van der Waals surface area contributed by atoms with E-state index in [0.717, 1.165) is 20.0 Å². The zero-order valence-corrected chi connectivity index (χ0v) is 14.3. The Hall–Kier alpha value is -0.100. The highest BCUT2D eigenvalue weighted by molar-refractivity contribution is 14.1. The van der Waals surface area contributed by atoms with E-state index in [2.05, 4.69) is 38.5 Å². The number of benzene rings is 1. The molecule has 1 aromatic rings. The summed E-state index contributed by atoms with van der Waals surface area (Å²) in [6, 6.07) is 5.84. The summed E-state index contributed by atoms with van der Waals surface area (Å²) in [4.78, 5) is 14.2. The van der Waals surface area contributed by atoms with E-state index in [-0.39, 0.29) is 11.4 Å². The van der Waals surface area contributed by atoms with E-state index in [1.807, 2.05) is 46.0 Å². The van der Waals surface area contributed by atoms with E-state index in [1.54, 1.807) is 4.90 Å². The van der Waals surface area contributed by atoms with Crippen LogP contribution in [-0.4, -0.2) is 28.7 Å². The van der Waals surface area contributed by atoms with E-state index in [0.29, 0.717) is 0 Å². The van der Waals surface area contributed by atoms with Crippen molar-refractivity contribution in [3.63, 3.8) is 0 Å². The number of hydrogen-bond donors (Lipinski definition) is 0. The summed E-state index contributed by atoms with van der Waals surface area (Å²) in [5.41, 5.74) is 1.73. The number of hydrogen-bond acceptors (Lipinski definition) is 1. The van der Waals surface area contributed by atoms with Crippen LogP contribution in [-0.2, 0) is 0 Å². The Morgan fingerprint density at radius 3 is 2.59 bits per heavy atom. The lowest BCUT2D eigenvalue weighted by Gasteiger charge is -2.34. The van der Waals surface area contributed by atoms with Crippen molar-refractivity contribution >= 4 is 44.4 Å². The molecule has 4 heteroatoms. The first-order chi connectivity index (χ1) is 7.81. The first-order valence-corrected chi connectivity index (χ1v) is 7.60. The molecule has 0 radical (unpaired) electrons. The molecule has 0 bridgehead atoms. The summed E-state index contributed by atoms with van der Waals surface area (Å²) in [7, 11) is 1.85. The van der Waals surface area contributed by atoms with Gasteiger partial charge in [0.05, 0.1) is 5.56 Å². The molecule has 1 amide bonds. The van der Waals surface area contributed by atoms with Gasteiger partial charge in [0.2, 0.25) is 0 Å². The van der Waals surface area contributed by atoms with Crippen LogP contribution in [0.1, 0.15) is 29.8 Å².